The standard InChI is InChI=1S/C10H15N3O2/c1-6-11-7(2)13(12-6)9(8-4-5-8)10(14)15-3/h8-9H,4-5H2,1-3H3. The van der Waals surface area contributed by atoms with Crippen LogP contribution in [-0.4, -0.2) is 27.8 Å². The first-order valence-corrected chi connectivity index (χ1v) is 5.11. The van der Waals surface area contributed by atoms with Crippen LogP contribution in [0.3, 0.4) is 0 Å². The lowest BCUT2D eigenvalue weighted by molar-refractivity contribution is -0.145. The zero-order valence-corrected chi connectivity index (χ0v) is 9.23. The molecule has 0 saturated heterocycles. The van der Waals surface area contributed by atoms with Crippen LogP contribution in [-0.2, 0) is 9.53 Å². The van der Waals surface area contributed by atoms with E-state index in [1.807, 2.05) is 13.8 Å². The number of nitrogens with zero attached hydrogens (tertiary/aromatic N) is 3. The Labute approximate surface area is 88.4 Å². The quantitative estimate of drug-likeness (QED) is 0.697. The summed E-state index contributed by atoms with van der Waals surface area (Å²) in [5.41, 5.74) is 0. The predicted molar refractivity (Wildman–Crippen MR) is 53.3 cm³/mol. The molecular formula is C10H15N3O2. The number of ether oxygens (including phenoxy) is 1. The molecule has 1 aliphatic carbocycles. The molecular weight excluding hydrogens is 194 g/mol. The van der Waals surface area contributed by atoms with Gasteiger partial charge in [0, 0.05) is 0 Å². The molecule has 0 radical (unpaired) electrons. The Balaban J connectivity index is 2.31. The molecule has 1 aromatic heterocycles. The maximum Gasteiger partial charge on any atom is 0.331 e. The Hall–Kier alpha value is -1.39. The van der Waals surface area contributed by atoms with Gasteiger partial charge in [0.1, 0.15) is 11.6 Å². The van der Waals surface area contributed by atoms with E-state index >= 15 is 0 Å². The minimum absolute atomic E-state index is 0.217. The molecule has 0 N–H and O–H groups in total. The average molecular weight is 209 g/mol. The van der Waals surface area contributed by atoms with Crippen LogP contribution < -0.4 is 0 Å². The molecule has 0 aromatic carbocycles. The third-order valence-corrected chi connectivity index (χ3v) is 2.68. The fourth-order valence-electron chi connectivity index (χ4n) is 1.82. The highest BCUT2D eigenvalue weighted by atomic mass is 16.5. The molecule has 0 amide bonds. The van der Waals surface area contributed by atoms with Gasteiger partial charge in [-0.05, 0) is 32.6 Å². The van der Waals surface area contributed by atoms with Crippen LogP contribution in [0.25, 0.3) is 0 Å². The van der Waals surface area contributed by atoms with Gasteiger partial charge < -0.3 is 4.74 Å². The van der Waals surface area contributed by atoms with Gasteiger partial charge >= 0.3 is 5.97 Å². The van der Waals surface area contributed by atoms with Crippen LogP contribution in [0.15, 0.2) is 0 Å². The third-order valence-electron chi connectivity index (χ3n) is 2.68. The SMILES string of the molecule is COC(=O)C(C1CC1)n1nc(C)nc1C. The van der Waals surface area contributed by atoms with Crippen molar-refractivity contribution < 1.29 is 9.53 Å². The first kappa shape index (κ1) is 10.1. The van der Waals surface area contributed by atoms with Gasteiger partial charge in [-0.1, -0.05) is 0 Å². The van der Waals surface area contributed by atoms with E-state index in [0.717, 1.165) is 18.7 Å². The summed E-state index contributed by atoms with van der Waals surface area (Å²) >= 11 is 0. The highest BCUT2D eigenvalue weighted by Crippen LogP contribution is 2.40. The van der Waals surface area contributed by atoms with Crippen LogP contribution in [0.1, 0.15) is 30.5 Å². The normalized spacial score (nSPS) is 17.5. The van der Waals surface area contributed by atoms with Gasteiger partial charge in [0.25, 0.3) is 0 Å². The van der Waals surface area contributed by atoms with Crippen molar-refractivity contribution in [3.63, 3.8) is 0 Å². The van der Waals surface area contributed by atoms with Crippen molar-refractivity contribution in [2.75, 3.05) is 7.11 Å². The average Bonchev–Trinajstić information content (AvgIpc) is 2.95. The molecule has 1 saturated carbocycles. The largest absolute Gasteiger partial charge is 0.467 e. The second-order valence-electron chi connectivity index (χ2n) is 3.96. The molecule has 1 atom stereocenters. The van der Waals surface area contributed by atoms with E-state index in [9.17, 15) is 4.79 Å². The summed E-state index contributed by atoms with van der Waals surface area (Å²) in [6, 6.07) is -0.281. The predicted octanol–water partition coefficient (Wildman–Crippen LogP) is 1.02. The first-order chi connectivity index (χ1) is 7.13. The van der Waals surface area contributed by atoms with Gasteiger partial charge in [-0.15, -0.1) is 0 Å². The Kier molecular flexibility index (Phi) is 2.46. The van der Waals surface area contributed by atoms with Crippen LogP contribution in [0.2, 0.25) is 0 Å². The summed E-state index contributed by atoms with van der Waals surface area (Å²) in [6.45, 7) is 3.68. The molecule has 1 heterocycles. The lowest BCUT2D eigenvalue weighted by Gasteiger charge is -2.14. The van der Waals surface area contributed by atoms with Gasteiger partial charge in [-0.25, -0.2) is 14.5 Å². The number of esters is 1. The van der Waals surface area contributed by atoms with Crippen molar-refractivity contribution in [2.45, 2.75) is 32.7 Å². The van der Waals surface area contributed by atoms with E-state index < -0.39 is 0 Å². The van der Waals surface area contributed by atoms with Crippen LogP contribution in [0, 0.1) is 19.8 Å². The van der Waals surface area contributed by atoms with E-state index in [-0.39, 0.29) is 12.0 Å². The van der Waals surface area contributed by atoms with Gasteiger partial charge in [-0.2, -0.15) is 5.10 Å². The molecule has 2 rings (SSSR count). The van der Waals surface area contributed by atoms with Crippen molar-refractivity contribution in [1.82, 2.24) is 14.8 Å². The fraction of sp³-hybridized carbons (Fsp3) is 0.700. The molecule has 15 heavy (non-hydrogen) atoms. The molecule has 0 bridgehead atoms. The molecule has 5 nitrogen and oxygen atoms in total. The molecule has 1 unspecified atom stereocenters. The number of methoxy groups -OCH3 is 1. The number of carbonyl (C=O) groups is 1. The van der Waals surface area contributed by atoms with Gasteiger partial charge in [0.05, 0.1) is 7.11 Å². The van der Waals surface area contributed by atoms with Gasteiger partial charge in [0.15, 0.2) is 6.04 Å². The van der Waals surface area contributed by atoms with E-state index in [2.05, 4.69) is 10.1 Å². The Morgan fingerprint density at radius 3 is 2.60 bits per heavy atom. The number of rotatable bonds is 3. The second-order valence-corrected chi connectivity index (χ2v) is 3.96. The van der Waals surface area contributed by atoms with Crippen molar-refractivity contribution >= 4 is 5.97 Å². The molecule has 1 aromatic rings. The monoisotopic (exact) mass is 209 g/mol. The number of aryl methyl sites for hydroxylation is 2. The fourth-order valence-corrected chi connectivity index (χ4v) is 1.82. The van der Waals surface area contributed by atoms with Gasteiger partial charge in [-0.3, -0.25) is 0 Å². The summed E-state index contributed by atoms with van der Waals surface area (Å²) in [5, 5.41) is 4.25. The molecule has 82 valence electrons. The number of carbonyl (C=O) groups excluding carboxylic acids is 1. The van der Waals surface area contributed by atoms with Crippen LogP contribution in [0.5, 0.6) is 0 Å². The minimum Gasteiger partial charge on any atom is -0.467 e. The molecule has 1 fully saturated rings. The summed E-state index contributed by atoms with van der Waals surface area (Å²) in [6.07, 6.45) is 2.14. The minimum atomic E-state index is -0.281. The summed E-state index contributed by atoms with van der Waals surface area (Å²) in [5.74, 6) is 1.62. The molecule has 5 heteroatoms. The van der Waals surface area contributed by atoms with Crippen LogP contribution in [0.4, 0.5) is 0 Å². The third kappa shape index (κ3) is 1.86. The topological polar surface area (TPSA) is 57.0 Å². The highest BCUT2D eigenvalue weighted by molar-refractivity contribution is 5.74. The van der Waals surface area contributed by atoms with Crippen molar-refractivity contribution in [3.05, 3.63) is 11.6 Å². The first-order valence-electron chi connectivity index (χ1n) is 5.11. The lowest BCUT2D eigenvalue weighted by Crippen LogP contribution is -2.24. The van der Waals surface area contributed by atoms with Crippen molar-refractivity contribution in [1.29, 1.82) is 0 Å². The van der Waals surface area contributed by atoms with E-state index in [4.69, 9.17) is 4.74 Å². The molecule has 0 aliphatic heterocycles. The molecule has 1 aliphatic rings. The summed E-state index contributed by atoms with van der Waals surface area (Å²) in [7, 11) is 1.41. The lowest BCUT2D eigenvalue weighted by atomic mass is 10.2. The van der Waals surface area contributed by atoms with E-state index in [1.54, 1.807) is 4.68 Å². The maximum atomic E-state index is 11.6. The number of hydrogen-bond acceptors (Lipinski definition) is 4. The van der Waals surface area contributed by atoms with E-state index in [0.29, 0.717) is 11.7 Å². The van der Waals surface area contributed by atoms with Gasteiger partial charge in [0.2, 0.25) is 0 Å². The highest BCUT2D eigenvalue weighted by Gasteiger charge is 2.39. The number of hydrogen-bond donors (Lipinski definition) is 0. The second kappa shape index (κ2) is 3.64. The summed E-state index contributed by atoms with van der Waals surface area (Å²) in [4.78, 5) is 15.8. The van der Waals surface area contributed by atoms with Crippen molar-refractivity contribution in [3.8, 4) is 0 Å². The Bertz CT molecular complexity index is 382. The van der Waals surface area contributed by atoms with E-state index in [1.165, 1.54) is 7.11 Å². The Morgan fingerprint density at radius 2 is 2.20 bits per heavy atom. The van der Waals surface area contributed by atoms with Crippen LogP contribution >= 0.6 is 0 Å². The Morgan fingerprint density at radius 1 is 1.53 bits per heavy atom. The zero-order valence-electron chi connectivity index (χ0n) is 9.23. The smallest absolute Gasteiger partial charge is 0.331 e. The number of aromatic nitrogens is 3. The zero-order chi connectivity index (χ0) is 11.0. The summed E-state index contributed by atoms with van der Waals surface area (Å²) < 4.78 is 6.50. The van der Waals surface area contributed by atoms with Crippen molar-refractivity contribution in [2.24, 2.45) is 5.92 Å². The molecule has 0 spiro atoms. The maximum absolute atomic E-state index is 11.6.